The van der Waals surface area contributed by atoms with E-state index in [0.29, 0.717) is 22.0 Å². The van der Waals surface area contributed by atoms with Crippen LogP contribution in [0.5, 0.6) is 0 Å². The molecule has 0 atom stereocenters. The van der Waals surface area contributed by atoms with Crippen LogP contribution < -0.4 is 5.56 Å². The van der Waals surface area contributed by atoms with Gasteiger partial charge in [-0.1, -0.05) is 24.3 Å². The smallest absolute Gasteiger partial charge is 0.338 e. The maximum Gasteiger partial charge on any atom is 0.338 e. The molecule has 0 fully saturated rings. The number of rotatable bonds is 3. The lowest BCUT2D eigenvalue weighted by molar-refractivity contribution is 0.0691. The number of aliphatic hydroxyl groups is 1. The number of fused-ring (bicyclic) bond motifs is 1. The minimum Gasteiger partial charge on any atom is -0.478 e. The van der Waals surface area contributed by atoms with Gasteiger partial charge in [-0.2, -0.15) is 5.10 Å². The monoisotopic (exact) mass is 330 g/mol. The average Bonchev–Trinajstić information content (AvgIpc) is 2.61. The zero-order valence-corrected chi connectivity index (χ0v) is 12.8. The summed E-state index contributed by atoms with van der Waals surface area (Å²) >= 11 is 0. The van der Waals surface area contributed by atoms with Gasteiger partial charge in [0.05, 0.1) is 16.6 Å². The van der Waals surface area contributed by atoms with Crippen molar-refractivity contribution in [3.8, 4) is 0 Å². The Balaban J connectivity index is 0.00000100. The molecular weight excluding hydrogens is 315 g/mol. The third kappa shape index (κ3) is 3.47. The summed E-state index contributed by atoms with van der Waals surface area (Å²) in [4.78, 5) is 22.7. The van der Waals surface area contributed by atoms with E-state index in [-0.39, 0.29) is 17.5 Å². The normalized spacial score (nSPS) is 10.1. The molecule has 0 aliphatic carbocycles. The molecule has 6 nitrogen and oxygen atoms in total. The summed E-state index contributed by atoms with van der Waals surface area (Å²) in [5, 5.41) is 23.6. The summed E-state index contributed by atoms with van der Waals surface area (Å²) in [5.41, 5.74) is 0.526. The molecule has 0 unspecified atom stereocenters. The van der Waals surface area contributed by atoms with Gasteiger partial charge in [-0.3, -0.25) is 4.79 Å². The highest BCUT2D eigenvalue weighted by atomic mass is 19.1. The Morgan fingerprint density at radius 3 is 2.50 bits per heavy atom. The van der Waals surface area contributed by atoms with E-state index in [2.05, 4.69) is 10.2 Å². The summed E-state index contributed by atoms with van der Waals surface area (Å²) in [6.45, 7) is 0. The second kappa shape index (κ2) is 7.47. The number of nitrogens with one attached hydrogen (secondary N) is 1. The van der Waals surface area contributed by atoms with Crippen molar-refractivity contribution < 1.29 is 19.4 Å². The molecule has 0 aliphatic rings. The molecule has 3 aromatic rings. The van der Waals surface area contributed by atoms with Gasteiger partial charge < -0.3 is 10.2 Å². The largest absolute Gasteiger partial charge is 0.478 e. The van der Waals surface area contributed by atoms with E-state index in [0.717, 1.165) is 13.2 Å². The van der Waals surface area contributed by atoms with Crippen molar-refractivity contribution in [1.29, 1.82) is 0 Å². The van der Waals surface area contributed by atoms with E-state index in [1.165, 1.54) is 12.1 Å². The van der Waals surface area contributed by atoms with Gasteiger partial charge in [0.2, 0.25) is 0 Å². The van der Waals surface area contributed by atoms with Crippen molar-refractivity contribution in [1.82, 2.24) is 10.2 Å². The van der Waals surface area contributed by atoms with Crippen LogP contribution in [0.2, 0.25) is 0 Å². The molecule has 0 spiro atoms. The Morgan fingerprint density at radius 1 is 1.17 bits per heavy atom. The second-order valence-electron chi connectivity index (χ2n) is 4.84. The summed E-state index contributed by atoms with van der Waals surface area (Å²) in [6.07, 6.45) is 0.290. The first-order valence-electron chi connectivity index (χ1n) is 6.99. The Kier molecular flexibility index (Phi) is 5.39. The first kappa shape index (κ1) is 17.3. The molecule has 0 bridgehead atoms. The van der Waals surface area contributed by atoms with Crippen molar-refractivity contribution in [2.45, 2.75) is 6.42 Å². The number of carboxylic acids is 1. The molecule has 7 heteroatoms. The molecule has 3 rings (SSSR count). The van der Waals surface area contributed by atoms with Crippen LogP contribution in [-0.2, 0) is 6.42 Å². The van der Waals surface area contributed by atoms with Gasteiger partial charge in [-0.25, -0.2) is 14.3 Å². The van der Waals surface area contributed by atoms with Crippen molar-refractivity contribution >= 4 is 16.7 Å². The van der Waals surface area contributed by atoms with Crippen LogP contribution in [0, 0.1) is 5.82 Å². The molecule has 0 saturated carbocycles. The number of aromatic carboxylic acids is 1. The van der Waals surface area contributed by atoms with E-state index < -0.39 is 11.8 Å². The lowest BCUT2D eigenvalue weighted by Gasteiger charge is -2.06. The standard InChI is InChI=1S/C16H11FN2O3.CH4O/c17-13-6-5-9(7-12(13)16(21)22)8-14-10-3-1-2-4-11(10)15(20)19-18-14;1-2/h1-7H,8H2,(H,19,20)(H,21,22);2H,1H3. The summed E-state index contributed by atoms with van der Waals surface area (Å²) in [5.74, 6) is -2.10. The zero-order valence-electron chi connectivity index (χ0n) is 12.8. The van der Waals surface area contributed by atoms with Gasteiger partial charge in [-0.05, 0) is 23.8 Å². The molecule has 0 radical (unpaired) electrons. The number of carbonyl (C=O) groups is 1. The van der Waals surface area contributed by atoms with Crippen LogP contribution in [0.15, 0.2) is 47.3 Å². The molecule has 24 heavy (non-hydrogen) atoms. The van der Waals surface area contributed by atoms with Gasteiger partial charge in [0, 0.05) is 18.9 Å². The molecule has 1 aromatic heterocycles. The molecule has 124 valence electrons. The van der Waals surface area contributed by atoms with Crippen LogP contribution in [0.3, 0.4) is 0 Å². The number of hydrogen-bond donors (Lipinski definition) is 3. The fraction of sp³-hybridized carbons (Fsp3) is 0.118. The van der Waals surface area contributed by atoms with Crippen molar-refractivity contribution in [2.75, 3.05) is 7.11 Å². The molecule has 1 heterocycles. The number of aromatic amines is 1. The number of aromatic nitrogens is 2. The van der Waals surface area contributed by atoms with Gasteiger partial charge in [-0.15, -0.1) is 0 Å². The molecule has 0 amide bonds. The molecule has 2 aromatic carbocycles. The Labute approximate surface area is 136 Å². The molecule has 0 saturated heterocycles. The SMILES string of the molecule is CO.O=C(O)c1cc(Cc2n[nH]c(=O)c3ccccc23)ccc1F. The van der Waals surface area contributed by atoms with Crippen LogP contribution in [0.4, 0.5) is 4.39 Å². The van der Waals surface area contributed by atoms with Gasteiger partial charge in [0.1, 0.15) is 5.82 Å². The fourth-order valence-electron chi connectivity index (χ4n) is 2.35. The molecular formula is C17H15FN2O4. The Bertz CT molecular complexity index is 937. The Morgan fingerprint density at radius 2 is 1.83 bits per heavy atom. The predicted octanol–water partition coefficient (Wildman–Crippen LogP) is 1.96. The number of nitrogens with zero attached hydrogens (tertiary/aromatic N) is 1. The van der Waals surface area contributed by atoms with Gasteiger partial charge >= 0.3 is 5.97 Å². The average molecular weight is 330 g/mol. The number of H-pyrrole nitrogens is 1. The van der Waals surface area contributed by atoms with Crippen LogP contribution in [-0.4, -0.2) is 33.5 Å². The fourth-order valence-corrected chi connectivity index (χ4v) is 2.35. The first-order chi connectivity index (χ1) is 11.6. The van der Waals surface area contributed by atoms with Crippen molar-refractivity contribution in [2.24, 2.45) is 0 Å². The third-order valence-corrected chi connectivity index (χ3v) is 3.41. The van der Waals surface area contributed by atoms with E-state index in [9.17, 15) is 14.0 Å². The van der Waals surface area contributed by atoms with Gasteiger partial charge in [0.15, 0.2) is 0 Å². The van der Waals surface area contributed by atoms with Crippen molar-refractivity contribution in [3.05, 3.63) is 75.5 Å². The molecule has 0 aliphatic heterocycles. The van der Waals surface area contributed by atoms with E-state index in [1.807, 2.05) is 0 Å². The Hall–Kier alpha value is -3.06. The van der Waals surface area contributed by atoms with Crippen LogP contribution in [0.1, 0.15) is 21.6 Å². The highest BCUT2D eigenvalue weighted by molar-refractivity contribution is 5.88. The zero-order chi connectivity index (χ0) is 17.7. The first-order valence-corrected chi connectivity index (χ1v) is 6.99. The molecule has 3 N–H and O–H groups in total. The second-order valence-corrected chi connectivity index (χ2v) is 4.84. The van der Waals surface area contributed by atoms with Crippen LogP contribution >= 0.6 is 0 Å². The highest BCUT2D eigenvalue weighted by Gasteiger charge is 2.12. The number of hydrogen-bond acceptors (Lipinski definition) is 4. The number of aliphatic hydroxyl groups excluding tert-OH is 1. The summed E-state index contributed by atoms with van der Waals surface area (Å²) < 4.78 is 13.4. The van der Waals surface area contributed by atoms with E-state index in [4.69, 9.17) is 10.2 Å². The number of benzene rings is 2. The lowest BCUT2D eigenvalue weighted by atomic mass is 10.0. The topological polar surface area (TPSA) is 103 Å². The van der Waals surface area contributed by atoms with E-state index in [1.54, 1.807) is 24.3 Å². The predicted molar refractivity (Wildman–Crippen MR) is 86.7 cm³/mol. The number of halogens is 1. The van der Waals surface area contributed by atoms with Gasteiger partial charge in [0.25, 0.3) is 5.56 Å². The van der Waals surface area contributed by atoms with Crippen molar-refractivity contribution in [3.63, 3.8) is 0 Å². The third-order valence-electron chi connectivity index (χ3n) is 3.41. The maximum absolute atomic E-state index is 13.4. The van der Waals surface area contributed by atoms with Crippen LogP contribution in [0.25, 0.3) is 10.8 Å². The minimum atomic E-state index is -1.32. The lowest BCUT2D eigenvalue weighted by Crippen LogP contribution is -2.11. The number of carboxylic acid groups (broad SMARTS) is 1. The maximum atomic E-state index is 13.4. The quantitative estimate of drug-likeness (QED) is 0.681. The minimum absolute atomic E-state index is 0.287. The summed E-state index contributed by atoms with van der Waals surface area (Å²) in [7, 11) is 1.00. The summed E-state index contributed by atoms with van der Waals surface area (Å²) in [6, 6.07) is 10.9. The highest BCUT2D eigenvalue weighted by Crippen LogP contribution is 2.18. The van der Waals surface area contributed by atoms with E-state index >= 15 is 0 Å².